The summed E-state index contributed by atoms with van der Waals surface area (Å²) in [6.45, 7) is 0.371. The summed E-state index contributed by atoms with van der Waals surface area (Å²) in [4.78, 5) is 26.4. The molecule has 1 N–H and O–H groups in total. The van der Waals surface area contributed by atoms with E-state index >= 15 is 0 Å². The van der Waals surface area contributed by atoms with Gasteiger partial charge in [-0.1, -0.05) is 36.4 Å². The Hall–Kier alpha value is -3.25. The molecule has 0 fully saturated rings. The summed E-state index contributed by atoms with van der Waals surface area (Å²) < 4.78 is 1.64. The first-order valence-electron chi connectivity index (χ1n) is 8.12. The molecule has 0 saturated carbocycles. The summed E-state index contributed by atoms with van der Waals surface area (Å²) in [6, 6.07) is 20.5. The van der Waals surface area contributed by atoms with E-state index in [0.717, 1.165) is 10.6 Å². The van der Waals surface area contributed by atoms with Crippen LogP contribution in [0, 0.1) is 0 Å². The molecule has 128 valence electrons. The highest BCUT2D eigenvalue weighted by Gasteiger charge is 2.17. The predicted octanol–water partition coefficient (Wildman–Crippen LogP) is 3.38. The molecule has 1 amide bonds. The molecule has 0 radical (unpaired) electrons. The van der Waals surface area contributed by atoms with Gasteiger partial charge in [0.2, 0.25) is 5.43 Å². The monoisotopic (exact) mass is 361 g/mol. The van der Waals surface area contributed by atoms with Crippen molar-refractivity contribution in [2.75, 3.05) is 0 Å². The molecule has 2 heterocycles. The zero-order valence-corrected chi connectivity index (χ0v) is 14.6. The van der Waals surface area contributed by atoms with Crippen LogP contribution in [0.25, 0.3) is 16.6 Å². The number of benzene rings is 2. The van der Waals surface area contributed by atoms with Crippen LogP contribution < -0.4 is 10.7 Å². The lowest BCUT2D eigenvalue weighted by Gasteiger charge is -2.12. The van der Waals surface area contributed by atoms with Gasteiger partial charge in [-0.3, -0.25) is 9.59 Å². The van der Waals surface area contributed by atoms with Crippen molar-refractivity contribution in [3.8, 4) is 5.69 Å². The number of hydrogen-bond acceptors (Lipinski definition) is 4. The van der Waals surface area contributed by atoms with Crippen molar-refractivity contribution in [1.82, 2.24) is 15.1 Å². The fraction of sp³-hybridized carbons (Fsp3) is 0.0500. The van der Waals surface area contributed by atoms with Crippen molar-refractivity contribution in [2.45, 2.75) is 6.54 Å². The van der Waals surface area contributed by atoms with Crippen LogP contribution in [0.1, 0.15) is 15.4 Å². The maximum Gasteiger partial charge on any atom is 0.276 e. The maximum absolute atomic E-state index is 12.8. The van der Waals surface area contributed by atoms with Gasteiger partial charge < -0.3 is 5.32 Å². The molecule has 0 atom stereocenters. The highest BCUT2D eigenvalue weighted by atomic mass is 32.1. The number of carbonyl (C=O) groups is 1. The Morgan fingerprint density at radius 2 is 1.77 bits per heavy atom. The van der Waals surface area contributed by atoms with Gasteiger partial charge in [0, 0.05) is 4.88 Å². The van der Waals surface area contributed by atoms with E-state index in [4.69, 9.17) is 0 Å². The average Bonchev–Trinajstić information content (AvgIpc) is 3.21. The van der Waals surface area contributed by atoms with E-state index in [1.54, 1.807) is 28.2 Å². The second-order valence-electron chi connectivity index (χ2n) is 5.70. The highest BCUT2D eigenvalue weighted by Crippen LogP contribution is 2.15. The van der Waals surface area contributed by atoms with Crippen molar-refractivity contribution in [3.63, 3.8) is 0 Å². The number of fused-ring (bicyclic) bond motifs is 1. The van der Waals surface area contributed by atoms with Gasteiger partial charge in [0.1, 0.15) is 0 Å². The molecule has 0 aliphatic rings. The Balaban J connectivity index is 1.81. The van der Waals surface area contributed by atoms with Gasteiger partial charge in [-0.2, -0.15) is 5.10 Å². The summed E-state index contributed by atoms with van der Waals surface area (Å²) >= 11 is 1.55. The molecule has 26 heavy (non-hydrogen) atoms. The molecule has 4 rings (SSSR count). The van der Waals surface area contributed by atoms with Crippen molar-refractivity contribution < 1.29 is 4.79 Å². The van der Waals surface area contributed by atoms with Crippen LogP contribution in [-0.4, -0.2) is 15.7 Å². The van der Waals surface area contributed by atoms with Gasteiger partial charge in [0.25, 0.3) is 5.91 Å². The van der Waals surface area contributed by atoms with E-state index in [0.29, 0.717) is 17.4 Å². The van der Waals surface area contributed by atoms with Gasteiger partial charge in [-0.25, -0.2) is 4.68 Å². The summed E-state index contributed by atoms with van der Waals surface area (Å²) in [6.07, 6.45) is 0. The van der Waals surface area contributed by atoms with E-state index in [1.807, 2.05) is 60.0 Å². The average molecular weight is 361 g/mol. The van der Waals surface area contributed by atoms with Crippen LogP contribution in [0.5, 0.6) is 0 Å². The van der Waals surface area contributed by atoms with Gasteiger partial charge in [-0.15, -0.1) is 11.3 Å². The third-order valence-corrected chi connectivity index (χ3v) is 4.89. The highest BCUT2D eigenvalue weighted by molar-refractivity contribution is 7.09. The second kappa shape index (κ2) is 6.93. The van der Waals surface area contributed by atoms with E-state index in [-0.39, 0.29) is 11.1 Å². The number of hydrogen-bond donors (Lipinski definition) is 1. The second-order valence-corrected chi connectivity index (χ2v) is 6.74. The molecule has 2 aromatic heterocycles. The minimum absolute atomic E-state index is 0.107. The van der Waals surface area contributed by atoms with Crippen LogP contribution in [0.4, 0.5) is 0 Å². The number of para-hydroxylation sites is 2. The van der Waals surface area contributed by atoms with E-state index < -0.39 is 5.91 Å². The van der Waals surface area contributed by atoms with Gasteiger partial charge in [0.05, 0.1) is 23.1 Å². The number of amides is 1. The van der Waals surface area contributed by atoms with Crippen LogP contribution in [0.2, 0.25) is 0 Å². The molecule has 0 unspecified atom stereocenters. The summed E-state index contributed by atoms with van der Waals surface area (Å²) in [5.41, 5.74) is 0.982. The van der Waals surface area contributed by atoms with E-state index in [9.17, 15) is 9.59 Å². The van der Waals surface area contributed by atoms with Gasteiger partial charge in [0.15, 0.2) is 5.69 Å². The van der Waals surface area contributed by atoms with Crippen LogP contribution in [0.15, 0.2) is 76.9 Å². The Kier molecular flexibility index (Phi) is 4.33. The molecule has 4 aromatic rings. The maximum atomic E-state index is 12.8. The summed E-state index contributed by atoms with van der Waals surface area (Å²) in [5, 5.41) is 9.56. The molecule has 6 heteroatoms. The molecule has 5 nitrogen and oxygen atoms in total. The number of carbonyl (C=O) groups excluding carboxylic acids is 1. The Labute approximate surface area is 153 Å². The van der Waals surface area contributed by atoms with Crippen LogP contribution in [0.3, 0.4) is 0 Å². The summed E-state index contributed by atoms with van der Waals surface area (Å²) in [7, 11) is 0. The number of rotatable bonds is 4. The lowest BCUT2D eigenvalue weighted by Crippen LogP contribution is -2.31. The minimum Gasteiger partial charge on any atom is -0.346 e. The first-order chi connectivity index (χ1) is 12.7. The Morgan fingerprint density at radius 1 is 1.00 bits per heavy atom. The third kappa shape index (κ3) is 3.02. The molecule has 0 spiro atoms. The Bertz CT molecular complexity index is 1120. The standard InChI is InChI=1S/C20H15N3O2S/c24-19-16-10-4-5-11-17(16)23(14-7-2-1-3-8-14)22-18(19)20(25)21-13-15-9-6-12-26-15/h1-12H,13H2,(H,21,25). The first-order valence-corrected chi connectivity index (χ1v) is 9.00. The topological polar surface area (TPSA) is 64.0 Å². The fourth-order valence-corrected chi connectivity index (χ4v) is 3.40. The SMILES string of the molecule is O=C(NCc1cccs1)c1nn(-c2ccccc2)c2ccccc2c1=O. The predicted molar refractivity (Wildman–Crippen MR) is 103 cm³/mol. The Morgan fingerprint density at radius 3 is 2.54 bits per heavy atom. The van der Waals surface area contributed by atoms with Crippen molar-refractivity contribution in [1.29, 1.82) is 0 Å². The zero-order valence-electron chi connectivity index (χ0n) is 13.8. The van der Waals surface area contributed by atoms with Gasteiger partial charge in [-0.05, 0) is 35.7 Å². The quantitative estimate of drug-likeness (QED) is 0.606. The molecule has 0 aliphatic carbocycles. The third-order valence-electron chi connectivity index (χ3n) is 4.01. The lowest BCUT2D eigenvalue weighted by atomic mass is 10.2. The number of nitrogens with one attached hydrogen (secondary N) is 1. The van der Waals surface area contributed by atoms with Gasteiger partial charge >= 0.3 is 0 Å². The minimum atomic E-state index is -0.473. The molecule has 0 bridgehead atoms. The molecular formula is C20H15N3O2S. The van der Waals surface area contributed by atoms with Crippen LogP contribution in [-0.2, 0) is 6.54 Å². The largest absolute Gasteiger partial charge is 0.346 e. The first kappa shape index (κ1) is 16.2. The summed E-state index contributed by atoms with van der Waals surface area (Å²) in [5.74, 6) is -0.473. The molecule has 2 aromatic carbocycles. The van der Waals surface area contributed by atoms with Crippen molar-refractivity contribution in [3.05, 3.63) is 92.9 Å². The molecule has 0 aliphatic heterocycles. The number of nitrogens with zero attached hydrogens (tertiary/aromatic N) is 2. The fourth-order valence-electron chi connectivity index (χ4n) is 2.76. The molecule has 0 saturated heterocycles. The van der Waals surface area contributed by atoms with Crippen molar-refractivity contribution >= 4 is 28.1 Å². The van der Waals surface area contributed by atoms with Crippen LogP contribution >= 0.6 is 11.3 Å². The normalized spacial score (nSPS) is 10.8. The van der Waals surface area contributed by atoms with Crippen molar-refractivity contribution in [2.24, 2.45) is 0 Å². The smallest absolute Gasteiger partial charge is 0.276 e. The van der Waals surface area contributed by atoms with E-state index in [2.05, 4.69) is 10.4 Å². The zero-order chi connectivity index (χ0) is 17.9. The molecular weight excluding hydrogens is 346 g/mol. The number of thiophene rings is 1. The van der Waals surface area contributed by atoms with E-state index in [1.165, 1.54) is 0 Å². The number of aromatic nitrogens is 2. The lowest BCUT2D eigenvalue weighted by molar-refractivity contribution is 0.0944.